The Balaban J connectivity index is 2.84. The zero-order valence-corrected chi connectivity index (χ0v) is 7.96. The van der Waals surface area contributed by atoms with Crippen LogP contribution in [0.5, 0.6) is 0 Å². The molecule has 3 heteroatoms. The molecular weight excluding hydrogens is 162 g/mol. The summed E-state index contributed by atoms with van der Waals surface area (Å²) in [6.45, 7) is 2.13. The van der Waals surface area contributed by atoms with Crippen LogP contribution >= 0.6 is 0 Å². The van der Waals surface area contributed by atoms with Gasteiger partial charge in [-0.3, -0.25) is 11.3 Å². The predicted octanol–water partition coefficient (Wildman–Crippen LogP) is 1.57. The van der Waals surface area contributed by atoms with Gasteiger partial charge in [-0.25, -0.2) is 0 Å². The molecule has 0 saturated carbocycles. The lowest BCUT2D eigenvalue weighted by Gasteiger charge is -2.16. The fourth-order valence-electron chi connectivity index (χ4n) is 1.45. The van der Waals surface area contributed by atoms with Crippen molar-refractivity contribution in [3.05, 3.63) is 29.8 Å². The van der Waals surface area contributed by atoms with Gasteiger partial charge in [0.05, 0.1) is 0 Å². The largest absolute Gasteiger partial charge is 0.398 e. The Morgan fingerprint density at radius 2 is 2.08 bits per heavy atom. The number of nitrogens with one attached hydrogen (secondary N) is 1. The second kappa shape index (κ2) is 4.84. The van der Waals surface area contributed by atoms with Crippen LogP contribution < -0.4 is 17.0 Å². The van der Waals surface area contributed by atoms with Crippen molar-refractivity contribution in [2.45, 2.75) is 25.8 Å². The third kappa shape index (κ3) is 2.44. The van der Waals surface area contributed by atoms with Crippen LogP contribution in [0.25, 0.3) is 0 Å². The molecule has 0 aromatic heterocycles. The van der Waals surface area contributed by atoms with E-state index in [1.165, 1.54) is 0 Å². The summed E-state index contributed by atoms with van der Waals surface area (Å²) in [4.78, 5) is 0. The van der Waals surface area contributed by atoms with Gasteiger partial charge in [0.25, 0.3) is 0 Å². The van der Waals surface area contributed by atoms with Crippen molar-refractivity contribution in [1.29, 1.82) is 0 Å². The Hall–Kier alpha value is -1.06. The van der Waals surface area contributed by atoms with Gasteiger partial charge in [-0.2, -0.15) is 0 Å². The number of hydrogen-bond donors (Lipinski definition) is 3. The monoisotopic (exact) mass is 179 g/mol. The zero-order chi connectivity index (χ0) is 9.68. The summed E-state index contributed by atoms with van der Waals surface area (Å²) in [5.41, 5.74) is 10.5. The molecule has 0 aliphatic carbocycles. The average Bonchev–Trinajstić information content (AvgIpc) is 2.16. The lowest BCUT2D eigenvalue weighted by Crippen LogP contribution is -2.28. The Bertz CT molecular complexity index is 260. The lowest BCUT2D eigenvalue weighted by molar-refractivity contribution is 0.511. The summed E-state index contributed by atoms with van der Waals surface area (Å²) in [6, 6.07) is 7.99. The Morgan fingerprint density at radius 3 is 2.62 bits per heavy atom. The maximum atomic E-state index is 5.83. The van der Waals surface area contributed by atoms with E-state index in [0.29, 0.717) is 0 Å². The van der Waals surface area contributed by atoms with Gasteiger partial charge < -0.3 is 5.73 Å². The molecule has 1 aromatic rings. The SMILES string of the molecule is CCCC(NN)c1ccccc1N. The molecule has 0 amide bonds. The quantitative estimate of drug-likeness (QED) is 0.373. The van der Waals surface area contributed by atoms with Crippen molar-refractivity contribution in [3.63, 3.8) is 0 Å². The molecule has 72 valence electrons. The van der Waals surface area contributed by atoms with E-state index in [9.17, 15) is 0 Å². The Kier molecular flexibility index (Phi) is 3.73. The van der Waals surface area contributed by atoms with Crippen LogP contribution in [-0.2, 0) is 0 Å². The van der Waals surface area contributed by atoms with Gasteiger partial charge in [0.15, 0.2) is 0 Å². The Labute approximate surface area is 79.1 Å². The van der Waals surface area contributed by atoms with Crippen molar-refractivity contribution >= 4 is 5.69 Å². The molecular formula is C10H17N3. The van der Waals surface area contributed by atoms with E-state index in [1.54, 1.807) is 0 Å². The van der Waals surface area contributed by atoms with E-state index >= 15 is 0 Å². The van der Waals surface area contributed by atoms with Gasteiger partial charge in [-0.15, -0.1) is 0 Å². The smallest absolute Gasteiger partial charge is 0.0480 e. The molecule has 0 fully saturated rings. The van der Waals surface area contributed by atoms with E-state index in [1.807, 2.05) is 24.3 Å². The molecule has 0 bridgehead atoms. The number of rotatable bonds is 4. The van der Waals surface area contributed by atoms with Crippen LogP contribution in [0.1, 0.15) is 31.4 Å². The van der Waals surface area contributed by atoms with Crippen LogP contribution in [0.15, 0.2) is 24.3 Å². The number of benzene rings is 1. The first kappa shape index (κ1) is 10.0. The summed E-state index contributed by atoms with van der Waals surface area (Å²) >= 11 is 0. The van der Waals surface area contributed by atoms with Gasteiger partial charge in [-0.05, 0) is 18.1 Å². The number of nitrogen functional groups attached to an aromatic ring is 1. The molecule has 0 aliphatic rings. The van der Waals surface area contributed by atoms with Crippen LogP contribution in [0.3, 0.4) is 0 Å². The molecule has 3 nitrogen and oxygen atoms in total. The highest BCUT2D eigenvalue weighted by Gasteiger charge is 2.10. The topological polar surface area (TPSA) is 64.1 Å². The molecule has 0 spiro atoms. The minimum atomic E-state index is 0.172. The zero-order valence-electron chi connectivity index (χ0n) is 7.96. The lowest BCUT2D eigenvalue weighted by atomic mass is 10.0. The normalized spacial score (nSPS) is 12.8. The number of hydrogen-bond acceptors (Lipinski definition) is 3. The molecule has 0 saturated heterocycles. The molecule has 1 aromatic carbocycles. The molecule has 5 N–H and O–H groups in total. The minimum absolute atomic E-state index is 0.172. The van der Waals surface area contributed by atoms with Gasteiger partial charge in [-0.1, -0.05) is 31.5 Å². The maximum absolute atomic E-state index is 5.83. The summed E-state index contributed by atoms with van der Waals surface area (Å²) < 4.78 is 0. The van der Waals surface area contributed by atoms with Gasteiger partial charge >= 0.3 is 0 Å². The third-order valence-electron chi connectivity index (χ3n) is 2.15. The van der Waals surface area contributed by atoms with Crippen molar-refractivity contribution in [3.8, 4) is 0 Å². The molecule has 0 heterocycles. The van der Waals surface area contributed by atoms with E-state index in [4.69, 9.17) is 11.6 Å². The van der Waals surface area contributed by atoms with Crippen LogP contribution in [0.2, 0.25) is 0 Å². The van der Waals surface area contributed by atoms with Crippen LogP contribution in [0, 0.1) is 0 Å². The standard InChI is InChI=1S/C10H17N3/c1-2-5-10(13-12)8-6-3-4-7-9(8)11/h3-4,6-7,10,13H,2,5,11-12H2,1H3. The second-order valence-electron chi connectivity index (χ2n) is 3.14. The van der Waals surface area contributed by atoms with Gasteiger partial charge in [0.1, 0.15) is 0 Å². The molecule has 13 heavy (non-hydrogen) atoms. The fourth-order valence-corrected chi connectivity index (χ4v) is 1.45. The molecule has 1 unspecified atom stereocenters. The van der Waals surface area contributed by atoms with E-state index < -0.39 is 0 Å². The van der Waals surface area contributed by atoms with Crippen molar-refractivity contribution in [2.75, 3.05) is 5.73 Å². The summed E-state index contributed by atoms with van der Waals surface area (Å²) in [5.74, 6) is 5.45. The van der Waals surface area contributed by atoms with Crippen molar-refractivity contribution in [2.24, 2.45) is 5.84 Å². The highest BCUT2D eigenvalue weighted by molar-refractivity contribution is 5.48. The number of anilines is 1. The molecule has 0 radical (unpaired) electrons. The Morgan fingerprint density at radius 1 is 1.38 bits per heavy atom. The van der Waals surface area contributed by atoms with E-state index in [0.717, 1.165) is 24.1 Å². The predicted molar refractivity (Wildman–Crippen MR) is 55.8 cm³/mol. The highest BCUT2D eigenvalue weighted by Crippen LogP contribution is 2.22. The summed E-state index contributed by atoms with van der Waals surface area (Å²) in [6.07, 6.45) is 2.09. The third-order valence-corrected chi connectivity index (χ3v) is 2.15. The first-order valence-corrected chi connectivity index (χ1v) is 4.60. The summed E-state index contributed by atoms with van der Waals surface area (Å²) in [5, 5.41) is 0. The fraction of sp³-hybridized carbons (Fsp3) is 0.400. The second-order valence-corrected chi connectivity index (χ2v) is 3.14. The number of para-hydroxylation sites is 1. The van der Waals surface area contributed by atoms with Crippen molar-refractivity contribution < 1.29 is 0 Å². The first-order chi connectivity index (χ1) is 6.29. The maximum Gasteiger partial charge on any atom is 0.0480 e. The average molecular weight is 179 g/mol. The van der Waals surface area contributed by atoms with E-state index in [-0.39, 0.29) is 6.04 Å². The van der Waals surface area contributed by atoms with E-state index in [2.05, 4.69) is 12.3 Å². The number of nitrogens with two attached hydrogens (primary N) is 2. The highest BCUT2D eigenvalue weighted by atomic mass is 15.2. The first-order valence-electron chi connectivity index (χ1n) is 4.60. The van der Waals surface area contributed by atoms with Crippen LogP contribution in [0.4, 0.5) is 5.69 Å². The minimum Gasteiger partial charge on any atom is -0.398 e. The summed E-state index contributed by atoms with van der Waals surface area (Å²) in [7, 11) is 0. The van der Waals surface area contributed by atoms with Gasteiger partial charge in [0, 0.05) is 11.7 Å². The molecule has 1 atom stereocenters. The van der Waals surface area contributed by atoms with Crippen molar-refractivity contribution in [1.82, 2.24) is 5.43 Å². The molecule has 1 rings (SSSR count). The van der Waals surface area contributed by atoms with Gasteiger partial charge in [0.2, 0.25) is 0 Å². The van der Waals surface area contributed by atoms with Crippen LogP contribution in [-0.4, -0.2) is 0 Å². The molecule has 0 aliphatic heterocycles. The number of hydrazine groups is 1.